The number of urea groups is 1. The normalized spacial score (nSPS) is 21.7. The zero-order valence-corrected chi connectivity index (χ0v) is 11.8. The molecule has 1 aromatic heterocycles. The van der Waals surface area contributed by atoms with E-state index in [4.69, 9.17) is 5.73 Å². The molecule has 6 nitrogen and oxygen atoms in total. The molecule has 2 heterocycles. The number of fused-ring (bicyclic) bond motifs is 1. The van der Waals surface area contributed by atoms with Crippen molar-refractivity contribution in [1.29, 1.82) is 0 Å². The van der Waals surface area contributed by atoms with Gasteiger partial charge in [-0.1, -0.05) is 18.2 Å². The molecule has 1 aromatic carbocycles. The van der Waals surface area contributed by atoms with Crippen molar-refractivity contribution < 1.29 is 9.59 Å². The lowest BCUT2D eigenvalue weighted by atomic mass is 9.89. The number of para-hydroxylation sites is 1. The molecular formula is C15H18N4O2. The highest BCUT2D eigenvalue weighted by Gasteiger charge is 2.40. The van der Waals surface area contributed by atoms with Gasteiger partial charge in [0.2, 0.25) is 5.91 Å². The molecular weight excluding hydrogens is 268 g/mol. The van der Waals surface area contributed by atoms with Gasteiger partial charge in [-0.25, -0.2) is 4.79 Å². The molecule has 3 amide bonds. The Morgan fingerprint density at radius 1 is 1.38 bits per heavy atom. The summed E-state index contributed by atoms with van der Waals surface area (Å²) in [5.41, 5.74) is 6.48. The lowest BCUT2D eigenvalue weighted by molar-refractivity contribution is -0.126. The van der Waals surface area contributed by atoms with Crippen LogP contribution < -0.4 is 11.1 Å². The van der Waals surface area contributed by atoms with E-state index in [0.717, 1.165) is 16.6 Å². The van der Waals surface area contributed by atoms with Crippen LogP contribution in [0.1, 0.15) is 13.3 Å². The SMILES string of the molecule is CC1(C(N)=O)CCN(C(=O)Nc2c[nH]c3ccccc23)C1. The maximum Gasteiger partial charge on any atom is 0.321 e. The van der Waals surface area contributed by atoms with Crippen molar-refractivity contribution in [2.75, 3.05) is 18.4 Å². The van der Waals surface area contributed by atoms with Crippen LogP contribution in [0.25, 0.3) is 10.9 Å². The molecule has 0 radical (unpaired) electrons. The summed E-state index contributed by atoms with van der Waals surface area (Å²) in [6.07, 6.45) is 2.37. The van der Waals surface area contributed by atoms with Crippen LogP contribution in [0.4, 0.5) is 10.5 Å². The van der Waals surface area contributed by atoms with Crippen molar-refractivity contribution in [2.24, 2.45) is 11.1 Å². The number of nitrogens with zero attached hydrogens (tertiary/aromatic N) is 1. The average molecular weight is 286 g/mol. The minimum absolute atomic E-state index is 0.204. The highest BCUT2D eigenvalue weighted by Crippen LogP contribution is 2.30. The average Bonchev–Trinajstić information content (AvgIpc) is 3.05. The van der Waals surface area contributed by atoms with E-state index in [-0.39, 0.29) is 11.9 Å². The van der Waals surface area contributed by atoms with Crippen molar-refractivity contribution in [3.8, 4) is 0 Å². The zero-order chi connectivity index (χ0) is 15.0. The summed E-state index contributed by atoms with van der Waals surface area (Å²) >= 11 is 0. The molecule has 0 spiro atoms. The van der Waals surface area contributed by atoms with E-state index in [2.05, 4.69) is 10.3 Å². The smallest absolute Gasteiger partial charge is 0.321 e. The first kappa shape index (κ1) is 13.5. The molecule has 0 saturated carbocycles. The number of H-pyrrole nitrogens is 1. The molecule has 21 heavy (non-hydrogen) atoms. The molecule has 2 aromatic rings. The van der Waals surface area contributed by atoms with Gasteiger partial charge in [-0.3, -0.25) is 4.79 Å². The number of rotatable bonds is 2. The molecule has 1 aliphatic heterocycles. The standard InChI is InChI=1S/C15H18N4O2/c1-15(13(16)20)6-7-19(9-15)14(21)18-12-8-17-11-5-3-2-4-10(11)12/h2-5,8,17H,6-7,9H2,1H3,(H2,16,20)(H,18,21). The molecule has 1 unspecified atom stereocenters. The molecule has 0 aliphatic carbocycles. The summed E-state index contributed by atoms with van der Waals surface area (Å²) < 4.78 is 0. The van der Waals surface area contributed by atoms with Gasteiger partial charge >= 0.3 is 6.03 Å². The van der Waals surface area contributed by atoms with Crippen LogP contribution >= 0.6 is 0 Å². The number of likely N-dealkylation sites (tertiary alicyclic amines) is 1. The second kappa shape index (κ2) is 4.80. The predicted octanol–water partition coefficient (Wildman–Crippen LogP) is 1.90. The Hall–Kier alpha value is -2.50. The fourth-order valence-electron chi connectivity index (χ4n) is 2.70. The van der Waals surface area contributed by atoms with Crippen LogP contribution in [-0.2, 0) is 4.79 Å². The predicted molar refractivity (Wildman–Crippen MR) is 80.8 cm³/mol. The summed E-state index contributed by atoms with van der Waals surface area (Å²) in [4.78, 5) is 28.5. The molecule has 1 atom stereocenters. The summed E-state index contributed by atoms with van der Waals surface area (Å²) in [5.74, 6) is -0.357. The molecule has 6 heteroatoms. The van der Waals surface area contributed by atoms with Crippen LogP contribution in [0.15, 0.2) is 30.5 Å². The van der Waals surface area contributed by atoms with Gasteiger partial charge < -0.3 is 20.9 Å². The number of nitrogens with one attached hydrogen (secondary N) is 2. The number of aromatic amines is 1. The van der Waals surface area contributed by atoms with Gasteiger partial charge in [0, 0.05) is 30.2 Å². The van der Waals surface area contributed by atoms with E-state index in [0.29, 0.717) is 19.5 Å². The molecule has 3 rings (SSSR count). The maximum absolute atomic E-state index is 12.3. The van der Waals surface area contributed by atoms with Crippen LogP contribution in [0.3, 0.4) is 0 Å². The number of hydrogen-bond acceptors (Lipinski definition) is 2. The first-order chi connectivity index (χ1) is 9.99. The fraction of sp³-hybridized carbons (Fsp3) is 0.333. The number of primary amides is 1. The Balaban J connectivity index is 1.74. The van der Waals surface area contributed by atoms with Crippen molar-refractivity contribution >= 4 is 28.5 Å². The van der Waals surface area contributed by atoms with Gasteiger partial charge in [-0.15, -0.1) is 0 Å². The van der Waals surface area contributed by atoms with Gasteiger partial charge in [0.1, 0.15) is 0 Å². The minimum Gasteiger partial charge on any atom is -0.369 e. The number of amides is 3. The first-order valence-corrected chi connectivity index (χ1v) is 6.91. The summed E-state index contributed by atoms with van der Waals surface area (Å²) in [6, 6.07) is 7.55. The van der Waals surface area contributed by atoms with Gasteiger partial charge in [0.25, 0.3) is 0 Å². The highest BCUT2D eigenvalue weighted by atomic mass is 16.2. The first-order valence-electron chi connectivity index (χ1n) is 6.91. The van der Waals surface area contributed by atoms with Crippen molar-refractivity contribution in [3.63, 3.8) is 0 Å². The molecule has 1 saturated heterocycles. The van der Waals surface area contributed by atoms with Crippen LogP contribution in [-0.4, -0.2) is 34.9 Å². The summed E-state index contributed by atoms with van der Waals surface area (Å²) in [5, 5.41) is 3.85. The Bertz CT molecular complexity index is 709. The molecule has 1 fully saturated rings. The van der Waals surface area contributed by atoms with Gasteiger partial charge in [0.15, 0.2) is 0 Å². The van der Waals surface area contributed by atoms with Gasteiger partial charge in [0.05, 0.1) is 11.1 Å². The number of anilines is 1. The lowest BCUT2D eigenvalue weighted by Gasteiger charge is -2.21. The number of aromatic nitrogens is 1. The van der Waals surface area contributed by atoms with Crippen molar-refractivity contribution in [3.05, 3.63) is 30.5 Å². The third kappa shape index (κ3) is 2.33. The highest BCUT2D eigenvalue weighted by molar-refractivity contribution is 6.01. The Morgan fingerprint density at radius 3 is 2.86 bits per heavy atom. The Labute approximate surface area is 122 Å². The maximum atomic E-state index is 12.3. The largest absolute Gasteiger partial charge is 0.369 e. The monoisotopic (exact) mass is 286 g/mol. The molecule has 110 valence electrons. The number of hydrogen-bond donors (Lipinski definition) is 3. The minimum atomic E-state index is -0.627. The number of benzene rings is 1. The van der Waals surface area contributed by atoms with E-state index in [1.54, 1.807) is 18.0 Å². The van der Waals surface area contributed by atoms with Crippen LogP contribution in [0.2, 0.25) is 0 Å². The van der Waals surface area contributed by atoms with Crippen molar-refractivity contribution in [2.45, 2.75) is 13.3 Å². The van der Waals surface area contributed by atoms with E-state index in [1.165, 1.54) is 0 Å². The van der Waals surface area contributed by atoms with E-state index >= 15 is 0 Å². The van der Waals surface area contributed by atoms with E-state index < -0.39 is 5.41 Å². The quantitative estimate of drug-likeness (QED) is 0.786. The molecule has 4 N–H and O–H groups in total. The Morgan fingerprint density at radius 2 is 2.14 bits per heavy atom. The van der Waals surface area contributed by atoms with E-state index in [1.807, 2.05) is 24.3 Å². The number of carbonyl (C=O) groups is 2. The fourth-order valence-corrected chi connectivity index (χ4v) is 2.70. The van der Waals surface area contributed by atoms with E-state index in [9.17, 15) is 9.59 Å². The van der Waals surface area contributed by atoms with Crippen LogP contribution in [0, 0.1) is 5.41 Å². The third-order valence-corrected chi connectivity index (χ3v) is 4.19. The zero-order valence-electron chi connectivity index (χ0n) is 11.8. The van der Waals surface area contributed by atoms with Crippen molar-refractivity contribution in [1.82, 2.24) is 9.88 Å². The second-order valence-electron chi connectivity index (χ2n) is 5.77. The Kier molecular flexibility index (Phi) is 3.08. The second-order valence-corrected chi connectivity index (χ2v) is 5.77. The summed E-state index contributed by atoms with van der Waals surface area (Å²) in [7, 11) is 0. The number of carbonyl (C=O) groups excluding carboxylic acids is 2. The number of nitrogens with two attached hydrogens (primary N) is 1. The molecule has 1 aliphatic rings. The third-order valence-electron chi connectivity index (χ3n) is 4.19. The lowest BCUT2D eigenvalue weighted by Crippen LogP contribution is -2.40. The van der Waals surface area contributed by atoms with Gasteiger partial charge in [-0.2, -0.15) is 0 Å². The van der Waals surface area contributed by atoms with Crippen LogP contribution in [0.5, 0.6) is 0 Å². The molecule has 0 bridgehead atoms. The van der Waals surface area contributed by atoms with Gasteiger partial charge in [-0.05, 0) is 19.4 Å². The summed E-state index contributed by atoms with van der Waals surface area (Å²) in [6.45, 7) is 2.69. The topological polar surface area (TPSA) is 91.2 Å².